The number of likely N-dealkylation sites (tertiary alicyclic amines) is 1. The van der Waals surface area contributed by atoms with Crippen molar-refractivity contribution in [1.82, 2.24) is 10.2 Å². The van der Waals surface area contributed by atoms with Crippen LogP contribution < -0.4 is 5.32 Å². The molecule has 2 fully saturated rings. The summed E-state index contributed by atoms with van der Waals surface area (Å²) in [6.45, 7) is 7.84. The predicted octanol–water partition coefficient (Wildman–Crippen LogP) is 5.32. The fraction of sp³-hybridized carbons (Fsp3) is 0.607. The fourth-order valence-electron chi connectivity index (χ4n) is 6.65. The van der Waals surface area contributed by atoms with E-state index in [1.807, 2.05) is 0 Å². The number of hydrogen-bond donors (Lipinski definition) is 1. The number of nitrogens with zero attached hydrogens (tertiary/aromatic N) is 1. The molecule has 1 saturated carbocycles. The van der Waals surface area contributed by atoms with Crippen molar-refractivity contribution in [2.75, 3.05) is 19.6 Å². The first kappa shape index (κ1) is 21.0. The molecular weight excluding hydrogens is 380 g/mol. The zero-order valence-corrected chi connectivity index (χ0v) is 19.3. The summed E-state index contributed by atoms with van der Waals surface area (Å²) in [5.74, 6) is 2.65. The van der Waals surface area contributed by atoms with Gasteiger partial charge in [-0.3, -0.25) is 4.79 Å². The minimum absolute atomic E-state index is 0.0403. The number of hydrogen-bond acceptors (Lipinski definition) is 2. The Morgan fingerprint density at radius 3 is 2.68 bits per heavy atom. The molecule has 3 heteroatoms. The molecule has 1 amide bonds. The quantitative estimate of drug-likeness (QED) is 0.634. The zero-order chi connectivity index (χ0) is 21.4. The van der Waals surface area contributed by atoms with Crippen LogP contribution >= 0.6 is 0 Å². The highest BCUT2D eigenvalue weighted by Crippen LogP contribution is 2.48. The second-order valence-corrected chi connectivity index (χ2v) is 10.4. The smallest absolute Gasteiger partial charge is 0.251 e. The highest BCUT2D eigenvalue weighted by molar-refractivity contribution is 6.21. The number of rotatable bonds is 6. The molecule has 0 aromatic heterocycles. The van der Waals surface area contributed by atoms with E-state index in [2.05, 4.69) is 66.6 Å². The van der Waals surface area contributed by atoms with Gasteiger partial charge in [-0.1, -0.05) is 56.3 Å². The van der Waals surface area contributed by atoms with E-state index in [1.165, 1.54) is 31.4 Å². The molecule has 1 heterocycles. The Kier molecular flexibility index (Phi) is 5.81. The largest absolute Gasteiger partial charge is 0.349 e. The Morgan fingerprint density at radius 1 is 1.13 bits per heavy atom. The molecule has 31 heavy (non-hydrogen) atoms. The molecule has 4 aliphatic rings. The summed E-state index contributed by atoms with van der Waals surface area (Å²) >= 11 is 0. The van der Waals surface area contributed by atoms with E-state index in [0.717, 1.165) is 67.7 Å². The van der Waals surface area contributed by atoms with Gasteiger partial charge in [0.25, 0.3) is 5.91 Å². The van der Waals surface area contributed by atoms with Gasteiger partial charge in [0.05, 0.1) is 0 Å². The van der Waals surface area contributed by atoms with Crippen molar-refractivity contribution in [3.63, 3.8) is 0 Å². The third-order valence-electron chi connectivity index (χ3n) is 8.70. The summed E-state index contributed by atoms with van der Waals surface area (Å²) < 4.78 is 0. The Balaban J connectivity index is 1.30. The van der Waals surface area contributed by atoms with E-state index >= 15 is 0 Å². The van der Waals surface area contributed by atoms with E-state index in [0.29, 0.717) is 0 Å². The van der Waals surface area contributed by atoms with Gasteiger partial charge in [-0.15, -0.1) is 0 Å². The Morgan fingerprint density at radius 2 is 1.90 bits per heavy atom. The molecule has 1 saturated heterocycles. The zero-order valence-electron chi connectivity index (χ0n) is 19.3. The van der Waals surface area contributed by atoms with Crippen molar-refractivity contribution >= 4 is 11.5 Å². The van der Waals surface area contributed by atoms with Gasteiger partial charge >= 0.3 is 0 Å². The number of piperidine rings is 1. The highest BCUT2D eigenvalue weighted by atomic mass is 16.1. The molecule has 3 nitrogen and oxygen atoms in total. The maximum Gasteiger partial charge on any atom is 0.251 e. The molecule has 3 atom stereocenters. The van der Waals surface area contributed by atoms with Crippen molar-refractivity contribution < 1.29 is 4.79 Å². The minimum atomic E-state index is 0.0403. The van der Waals surface area contributed by atoms with Crippen molar-refractivity contribution in [3.05, 3.63) is 53.6 Å². The van der Waals surface area contributed by atoms with E-state index in [4.69, 9.17) is 0 Å². The summed E-state index contributed by atoms with van der Waals surface area (Å²) in [6, 6.07) is 8.91. The number of amides is 1. The molecule has 3 aliphatic carbocycles. The van der Waals surface area contributed by atoms with Gasteiger partial charge < -0.3 is 10.2 Å². The van der Waals surface area contributed by atoms with E-state index in [1.54, 1.807) is 0 Å². The van der Waals surface area contributed by atoms with Crippen LogP contribution in [0.4, 0.5) is 0 Å². The molecule has 166 valence electrons. The maximum atomic E-state index is 13.2. The van der Waals surface area contributed by atoms with Gasteiger partial charge in [-0.25, -0.2) is 0 Å². The Labute approximate surface area is 188 Å². The number of benzene rings is 1. The van der Waals surface area contributed by atoms with Crippen LogP contribution in [0.15, 0.2) is 42.5 Å². The van der Waals surface area contributed by atoms with Gasteiger partial charge in [-0.2, -0.15) is 0 Å². The lowest BCUT2D eigenvalue weighted by atomic mass is 9.74. The van der Waals surface area contributed by atoms with Crippen LogP contribution in [0, 0.1) is 17.8 Å². The van der Waals surface area contributed by atoms with Crippen LogP contribution in [0.3, 0.4) is 0 Å². The molecule has 5 rings (SSSR count). The standard InChI is InChI=1S/C28H38N2O/c1-3-23(4-2)29-27(31)25-18-28(26-8-6-5-7-24(25)26)13-15-30(16-14-28)19-22-12-10-20-9-11-21(22)17-20/h5-9,11,18,20-23H,3-4,10,12-17,19H2,1-2H3,(H,29,31)/t20?,21?,22-/m1/s1. The molecule has 1 aromatic carbocycles. The molecular formula is C28H38N2O. The van der Waals surface area contributed by atoms with E-state index in [9.17, 15) is 4.79 Å². The number of carbonyl (C=O) groups excluding carboxylic acids is 1. The predicted molar refractivity (Wildman–Crippen MR) is 128 cm³/mol. The average Bonchev–Trinajstić information content (AvgIpc) is 3.35. The summed E-state index contributed by atoms with van der Waals surface area (Å²) in [5.41, 5.74) is 3.49. The van der Waals surface area contributed by atoms with Crippen LogP contribution in [0.5, 0.6) is 0 Å². The lowest BCUT2D eigenvalue weighted by Gasteiger charge is -2.41. The normalized spacial score (nSPS) is 28.7. The van der Waals surface area contributed by atoms with Crippen LogP contribution in [0.25, 0.3) is 5.57 Å². The third-order valence-corrected chi connectivity index (χ3v) is 8.70. The molecule has 2 bridgehead atoms. The molecule has 1 spiro atoms. The average molecular weight is 419 g/mol. The first-order valence-corrected chi connectivity index (χ1v) is 12.7. The summed E-state index contributed by atoms with van der Waals surface area (Å²) in [5, 5.41) is 3.28. The van der Waals surface area contributed by atoms with E-state index < -0.39 is 0 Å². The third kappa shape index (κ3) is 3.91. The maximum absolute atomic E-state index is 13.2. The SMILES string of the molecule is CCC(CC)NC(=O)C1=CC2(CCN(C[C@H]3CCC4C=CC3C4)CC2)c2ccccc21. The summed E-state index contributed by atoms with van der Waals surface area (Å²) in [4.78, 5) is 15.9. The van der Waals surface area contributed by atoms with Crippen LogP contribution in [-0.2, 0) is 10.2 Å². The van der Waals surface area contributed by atoms with Crippen molar-refractivity contribution in [1.29, 1.82) is 0 Å². The Hall–Kier alpha value is -1.87. The second kappa shape index (κ2) is 8.58. The van der Waals surface area contributed by atoms with Gasteiger partial charge in [-0.05, 0) is 86.9 Å². The molecule has 1 aromatic rings. The number of carbonyl (C=O) groups is 1. The highest BCUT2D eigenvalue weighted by Gasteiger charge is 2.43. The van der Waals surface area contributed by atoms with Gasteiger partial charge in [0.15, 0.2) is 0 Å². The van der Waals surface area contributed by atoms with Gasteiger partial charge in [0, 0.05) is 23.6 Å². The molecule has 0 radical (unpaired) electrons. The monoisotopic (exact) mass is 418 g/mol. The number of nitrogens with one attached hydrogen (secondary N) is 1. The van der Waals surface area contributed by atoms with Crippen LogP contribution in [0.1, 0.15) is 69.9 Å². The Bertz CT molecular complexity index is 873. The van der Waals surface area contributed by atoms with E-state index in [-0.39, 0.29) is 17.4 Å². The summed E-state index contributed by atoms with van der Waals surface area (Å²) in [7, 11) is 0. The molecule has 2 unspecified atom stereocenters. The summed E-state index contributed by atoms with van der Waals surface area (Å²) in [6.07, 6.45) is 15.7. The van der Waals surface area contributed by atoms with Crippen LogP contribution in [-0.4, -0.2) is 36.5 Å². The number of allylic oxidation sites excluding steroid dienone is 3. The second-order valence-electron chi connectivity index (χ2n) is 10.4. The molecule has 1 N–H and O–H groups in total. The lowest BCUT2D eigenvalue weighted by Crippen LogP contribution is -2.44. The van der Waals surface area contributed by atoms with Crippen LogP contribution in [0.2, 0.25) is 0 Å². The lowest BCUT2D eigenvalue weighted by molar-refractivity contribution is -0.116. The van der Waals surface area contributed by atoms with Gasteiger partial charge in [0.1, 0.15) is 0 Å². The minimum Gasteiger partial charge on any atom is -0.349 e. The van der Waals surface area contributed by atoms with Crippen molar-refractivity contribution in [2.24, 2.45) is 17.8 Å². The first-order valence-electron chi connectivity index (χ1n) is 12.7. The topological polar surface area (TPSA) is 32.3 Å². The van der Waals surface area contributed by atoms with Crippen molar-refractivity contribution in [2.45, 2.75) is 70.3 Å². The van der Waals surface area contributed by atoms with Crippen molar-refractivity contribution in [3.8, 4) is 0 Å². The first-order chi connectivity index (χ1) is 15.1. The fourth-order valence-corrected chi connectivity index (χ4v) is 6.65. The van der Waals surface area contributed by atoms with Gasteiger partial charge in [0.2, 0.25) is 0 Å². The number of fused-ring (bicyclic) bond motifs is 4. The molecule has 1 aliphatic heterocycles.